The maximum atomic E-state index is 12.2. The fourth-order valence-corrected chi connectivity index (χ4v) is 3.24. The average Bonchev–Trinajstić information content (AvgIpc) is 3.40. The summed E-state index contributed by atoms with van der Waals surface area (Å²) in [5.74, 6) is -0.0839. The molecule has 156 valence electrons. The summed E-state index contributed by atoms with van der Waals surface area (Å²) in [5.41, 5.74) is 2.42. The molecule has 0 bridgehead atoms. The Morgan fingerprint density at radius 2 is 1.90 bits per heavy atom. The van der Waals surface area contributed by atoms with Gasteiger partial charge in [-0.1, -0.05) is 54.0 Å². The van der Waals surface area contributed by atoms with Crippen molar-refractivity contribution in [2.75, 3.05) is 6.61 Å². The van der Waals surface area contributed by atoms with E-state index in [4.69, 9.17) is 25.6 Å². The third kappa shape index (κ3) is 4.44. The van der Waals surface area contributed by atoms with Crippen LogP contribution in [0.15, 0.2) is 75.8 Å². The lowest BCUT2D eigenvalue weighted by molar-refractivity contribution is -0.136. The number of furan rings is 1. The second kappa shape index (κ2) is 9.02. The highest BCUT2D eigenvalue weighted by Gasteiger charge is 2.27. The zero-order valence-corrected chi connectivity index (χ0v) is 17.4. The van der Waals surface area contributed by atoms with Gasteiger partial charge in [0, 0.05) is 11.1 Å². The van der Waals surface area contributed by atoms with E-state index in [1.807, 2.05) is 37.3 Å². The molecule has 0 saturated heterocycles. The Bertz CT molecular complexity index is 1190. The molecule has 0 spiro atoms. The number of benzene rings is 2. The maximum absolute atomic E-state index is 12.2. The Kier molecular flexibility index (Phi) is 6.00. The van der Waals surface area contributed by atoms with Crippen molar-refractivity contribution in [1.82, 2.24) is 0 Å². The molecule has 0 radical (unpaired) electrons. The molecule has 0 N–H and O–H groups in total. The summed E-state index contributed by atoms with van der Waals surface area (Å²) in [7, 11) is 0. The lowest BCUT2D eigenvalue weighted by atomic mass is 10.0. The van der Waals surface area contributed by atoms with Crippen LogP contribution in [0.2, 0.25) is 5.02 Å². The molecule has 2 heterocycles. The first-order valence-corrected chi connectivity index (χ1v) is 10.1. The average molecular weight is 436 g/mol. The number of carbonyl (C=O) groups excluding carboxylic acids is 2. The standard InChI is InChI=1S/C24H18ClNO5/c1-2-12-29-23(27)18-13-16(8-10-20(18)25)21-11-9-17(30-21)14-19-22(26-31-24(19)28)15-6-4-3-5-7-15/h3-11,13-14H,2,12H2,1H3. The van der Waals surface area contributed by atoms with Gasteiger partial charge in [0.2, 0.25) is 0 Å². The van der Waals surface area contributed by atoms with Crippen molar-refractivity contribution in [3.63, 3.8) is 0 Å². The van der Waals surface area contributed by atoms with E-state index in [2.05, 4.69) is 5.16 Å². The fraction of sp³-hybridized carbons (Fsp3) is 0.125. The summed E-state index contributed by atoms with van der Waals surface area (Å²) in [6.45, 7) is 2.23. The van der Waals surface area contributed by atoms with Gasteiger partial charge in [0.15, 0.2) is 0 Å². The first-order chi connectivity index (χ1) is 15.1. The quantitative estimate of drug-likeness (QED) is 0.290. The number of rotatable bonds is 6. The van der Waals surface area contributed by atoms with Crippen molar-refractivity contribution < 1.29 is 23.6 Å². The number of hydrogen-bond donors (Lipinski definition) is 0. The third-order valence-corrected chi connectivity index (χ3v) is 4.89. The predicted octanol–water partition coefficient (Wildman–Crippen LogP) is 5.51. The molecule has 1 aromatic heterocycles. The second-order valence-corrected chi connectivity index (χ2v) is 7.18. The first-order valence-electron chi connectivity index (χ1n) is 9.70. The van der Waals surface area contributed by atoms with E-state index < -0.39 is 11.9 Å². The number of halogens is 1. The lowest BCUT2D eigenvalue weighted by Crippen LogP contribution is -2.06. The van der Waals surface area contributed by atoms with Gasteiger partial charge in [0.25, 0.3) is 0 Å². The van der Waals surface area contributed by atoms with Crippen LogP contribution in [0, 0.1) is 0 Å². The van der Waals surface area contributed by atoms with Gasteiger partial charge < -0.3 is 14.0 Å². The molecule has 2 aromatic carbocycles. The van der Waals surface area contributed by atoms with Crippen LogP contribution >= 0.6 is 11.6 Å². The third-order valence-electron chi connectivity index (χ3n) is 4.56. The molecular weight excluding hydrogens is 418 g/mol. The predicted molar refractivity (Wildman–Crippen MR) is 117 cm³/mol. The van der Waals surface area contributed by atoms with Crippen LogP contribution in [0.5, 0.6) is 0 Å². The van der Waals surface area contributed by atoms with Gasteiger partial charge in [0.05, 0.1) is 22.8 Å². The van der Waals surface area contributed by atoms with E-state index in [1.165, 1.54) is 0 Å². The van der Waals surface area contributed by atoms with Crippen molar-refractivity contribution >= 4 is 35.3 Å². The summed E-state index contributed by atoms with van der Waals surface area (Å²) in [6, 6.07) is 17.7. The molecule has 6 nitrogen and oxygen atoms in total. The Labute approximate surface area is 183 Å². The normalized spacial score (nSPS) is 14.5. The SMILES string of the molecule is CCCOC(=O)c1cc(-c2ccc(C=C3C(=O)ON=C3c3ccccc3)o2)ccc1Cl. The van der Waals surface area contributed by atoms with E-state index in [0.29, 0.717) is 40.0 Å². The number of hydrogen-bond acceptors (Lipinski definition) is 6. The van der Waals surface area contributed by atoms with Gasteiger partial charge in [0.1, 0.15) is 17.2 Å². The maximum Gasteiger partial charge on any atom is 0.368 e. The van der Waals surface area contributed by atoms with E-state index in [-0.39, 0.29) is 5.56 Å². The monoisotopic (exact) mass is 435 g/mol. The molecule has 0 unspecified atom stereocenters. The molecule has 0 aliphatic carbocycles. The van der Waals surface area contributed by atoms with Gasteiger partial charge in [-0.05, 0) is 42.8 Å². The molecule has 7 heteroatoms. The molecule has 0 fully saturated rings. The Morgan fingerprint density at radius 1 is 1.10 bits per heavy atom. The molecule has 4 rings (SSSR count). The molecule has 1 aliphatic heterocycles. The molecule has 0 atom stereocenters. The summed E-state index contributed by atoms with van der Waals surface area (Å²) in [6.07, 6.45) is 2.30. The minimum atomic E-state index is -0.552. The van der Waals surface area contributed by atoms with Crippen LogP contribution in [0.3, 0.4) is 0 Å². The van der Waals surface area contributed by atoms with Crippen molar-refractivity contribution in [2.45, 2.75) is 13.3 Å². The summed E-state index contributed by atoms with van der Waals surface area (Å²) >= 11 is 6.16. The van der Waals surface area contributed by atoms with Crippen LogP contribution in [0.4, 0.5) is 0 Å². The zero-order valence-electron chi connectivity index (χ0n) is 16.6. The van der Waals surface area contributed by atoms with Gasteiger partial charge in [-0.2, -0.15) is 0 Å². The van der Waals surface area contributed by atoms with Crippen LogP contribution in [-0.4, -0.2) is 24.3 Å². The Balaban J connectivity index is 1.62. The molecule has 0 amide bonds. The smallest absolute Gasteiger partial charge is 0.368 e. The van der Waals surface area contributed by atoms with Crippen LogP contribution in [0.1, 0.15) is 35.0 Å². The van der Waals surface area contributed by atoms with Crippen LogP contribution < -0.4 is 0 Å². The number of nitrogens with zero attached hydrogens (tertiary/aromatic N) is 1. The molecule has 1 aliphatic rings. The largest absolute Gasteiger partial charge is 0.462 e. The first kappa shape index (κ1) is 20.6. The van der Waals surface area contributed by atoms with Crippen molar-refractivity contribution in [2.24, 2.45) is 5.16 Å². The minimum absolute atomic E-state index is 0.266. The molecule has 3 aromatic rings. The van der Waals surface area contributed by atoms with E-state index in [9.17, 15) is 9.59 Å². The summed E-state index contributed by atoms with van der Waals surface area (Å²) < 4.78 is 11.1. The zero-order chi connectivity index (χ0) is 21.8. The van der Waals surface area contributed by atoms with E-state index in [1.54, 1.807) is 36.4 Å². The summed E-state index contributed by atoms with van der Waals surface area (Å²) in [5, 5.41) is 4.19. The minimum Gasteiger partial charge on any atom is -0.462 e. The highest BCUT2D eigenvalue weighted by atomic mass is 35.5. The molecule has 0 saturated carbocycles. The number of oxime groups is 1. The topological polar surface area (TPSA) is 78.1 Å². The number of ether oxygens (including phenoxy) is 1. The van der Waals surface area contributed by atoms with Gasteiger partial charge >= 0.3 is 11.9 Å². The van der Waals surface area contributed by atoms with Gasteiger partial charge in [-0.25, -0.2) is 9.59 Å². The molecular formula is C24H18ClNO5. The highest BCUT2D eigenvalue weighted by Crippen LogP contribution is 2.29. The van der Waals surface area contributed by atoms with Crippen molar-refractivity contribution in [1.29, 1.82) is 0 Å². The van der Waals surface area contributed by atoms with Gasteiger partial charge in [-0.3, -0.25) is 0 Å². The van der Waals surface area contributed by atoms with Crippen molar-refractivity contribution in [3.8, 4) is 11.3 Å². The highest BCUT2D eigenvalue weighted by molar-refractivity contribution is 6.33. The Hall–Kier alpha value is -3.64. The van der Waals surface area contributed by atoms with Gasteiger partial charge in [-0.15, -0.1) is 0 Å². The number of carbonyl (C=O) groups is 2. The van der Waals surface area contributed by atoms with E-state index >= 15 is 0 Å². The van der Waals surface area contributed by atoms with Crippen molar-refractivity contribution in [3.05, 3.63) is 88.1 Å². The lowest BCUT2D eigenvalue weighted by Gasteiger charge is -2.06. The van der Waals surface area contributed by atoms with Crippen LogP contribution in [0.25, 0.3) is 17.4 Å². The number of esters is 1. The Morgan fingerprint density at radius 3 is 2.68 bits per heavy atom. The van der Waals surface area contributed by atoms with Crippen LogP contribution in [-0.2, 0) is 14.4 Å². The molecule has 31 heavy (non-hydrogen) atoms. The van der Waals surface area contributed by atoms with E-state index in [0.717, 1.165) is 12.0 Å². The summed E-state index contributed by atoms with van der Waals surface area (Å²) in [4.78, 5) is 29.3. The fourth-order valence-electron chi connectivity index (χ4n) is 3.05. The second-order valence-electron chi connectivity index (χ2n) is 6.78.